The van der Waals surface area contributed by atoms with Crippen LogP contribution in [0.15, 0.2) is 60.7 Å². The van der Waals surface area contributed by atoms with Crippen LogP contribution < -0.4 is 10.2 Å². The van der Waals surface area contributed by atoms with Crippen molar-refractivity contribution in [2.45, 2.75) is 19.5 Å². The van der Waals surface area contributed by atoms with Gasteiger partial charge in [0.05, 0.1) is 24.9 Å². The minimum absolute atomic E-state index is 0.0768. The van der Waals surface area contributed by atoms with Gasteiger partial charge in [0.15, 0.2) is 5.69 Å². The first-order valence-corrected chi connectivity index (χ1v) is 9.23. The first-order valence-electron chi connectivity index (χ1n) is 9.23. The predicted octanol–water partition coefficient (Wildman–Crippen LogP) is 3.99. The fraction of sp³-hybridized carbons (Fsp3) is 0.190. The average Bonchev–Trinajstić information content (AvgIpc) is 3.28. The molecule has 0 bridgehead atoms. The van der Waals surface area contributed by atoms with Crippen LogP contribution in [-0.4, -0.2) is 28.4 Å². The van der Waals surface area contributed by atoms with Crippen LogP contribution in [0.4, 0.5) is 20.7 Å². The molecule has 1 aliphatic rings. The van der Waals surface area contributed by atoms with Crippen LogP contribution in [0.5, 0.6) is 0 Å². The SMILES string of the molecule is CCOC(=O)c1cc2n(n1)CC(c1ccccc1)N2C(=O)Nc1ccccc1F. The van der Waals surface area contributed by atoms with Crippen LogP contribution in [0.2, 0.25) is 0 Å². The molecule has 2 aromatic carbocycles. The molecule has 8 heteroatoms. The highest BCUT2D eigenvalue weighted by molar-refractivity contribution is 6.03. The molecule has 2 heterocycles. The molecule has 1 atom stereocenters. The van der Waals surface area contributed by atoms with Crippen LogP contribution in [-0.2, 0) is 11.3 Å². The van der Waals surface area contributed by atoms with Crippen molar-refractivity contribution in [2.24, 2.45) is 0 Å². The number of esters is 1. The number of para-hydroxylation sites is 1. The third-order valence-corrected chi connectivity index (χ3v) is 4.67. The van der Waals surface area contributed by atoms with E-state index in [0.29, 0.717) is 12.4 Å². The van der Waals surface area contributed by atoms with E-state index in [1.807, 2.05) is 30.3 Å². The number of rotatable bonds is 4. The van der Waals surface area contributed by atoms with Gasteiger partial charge in [-0.2, -0.15) is 5.10 Å². The number of aromatic nitrogens is 2. The standard InChI is InChI=1S/C21H19FN4O3/c1-2-29-20(27)17-12-19-25(24-17)13-18(14-8-4-3-5-9-14)26(19)21(28)23-16-11-7-6-10-15(16)22/h3-12,18H,2,13H2,1H3,(H,23,28). The van der Waals surface area contributed by atoms with Gasteiger partial charge in [0.2, 0.25) is 0 Å². The quantitative estimate of drug-likeness (QED) is 0.679. The first kappa shape index (κ1) is 18.7. The summed E-state index contributed by atoms with van der Waals surface area (Å²) >= 11 is 0. The number of nitrogens with zero attached hydrogens (tertiary/aromatic N) is 3. The van der Waals surface area contributed by atoms with Crippen LogP contribution >= 0.6 is 0 Å². The summed E-state index contributed by atoms with van der Waals surface area (Å²) in [4.78, 5) is 26.6. The van der Waals surface area contributed by atoms with Crippen LogP contribution in [0.25, 0.3) is 0 Å². The zero-order valence-corrected chi connectivity index (χ0v) is 15.7. The summed E-state index contributed by atoms with van der Waals surface area (Å²) in [5, 5.41) is 6.90. The van der Waals surface area contributed by atoms with E-state index in [1.165, 1.54) is 23.1 Å². The van der Waals surface area contributed by atoms with Crippen molar-refractivity contribution in [3.8, 4) is 0 Å². The van der Waals surface area contributed by atoms with Gasteiger partial charge >= 0.3 is 12.0 Å². The van der Waals surface area contributed by atoms with E-state index in [9.17, 15) is 14.0 Å². The molecule has 1 unspecified atom stereocenters. The summed E-state index contributed by atoms with van der Waals surface area (Å²) in [5.41, 5.74) is 1.10. The molecule has 1 N–H and O–H groups in total. The molecule has 0 saturated heterocycles. The van der Waals surface area contributed by atoms with E-state index in [-0.39, 0.29) is 24.0 Å². The molecule has 4 rings (SSSR count). The molecule has 0 spiro atoms. The Hall–Kier alpha value is -3.68. The monoisotopic (exact) mass is 394 g/mol. The molecule has 1 aliphatic heterocycles. The van der Waals surface area contributed by atoms with Crippen molar-refractivity contribution in [1.82, 2.24) is 9.78 Å². The molecule has 3 aromatic rings. The summed E-state index contributed by atoms with van der Waals surface area (Å²) in [6.45, 7) is 2.30. The lowest BCUT2D eigenvalue weighted by Crippen LogP contribution is -2.36. The van der Waals surface area contributed by atoms with Gasteiger partial charge in [-0.15, -0.1) is 0 Å². The van der Waals surface area contributed by atoms with E-state index in [2.05, 4.69) is 10.4 Å². The molecule has 0 aliphatic carbocycles. The van der Waals surface area contributed by atoms with Gasteiger partial charge in [0.1, 0.15) is 11.6 Å². The van der Waals surface area contributed by atoms with Crippen molar-refractivity contribution in [3.05, 3.63) is 77.7 Å². The Bertz CT molecular complexity index is 1050. The molecule has 148 valence electrons. The zero-order valence-electron chi connectivity index (χ0n) is 15.7. The van der Waals surface area contributed by atoms with Crippen molar-refractivity contribution in [2.75, 3.05) is 16.8 Å². The molecular weight excluding hydrogens is 375 g/mol. The highest BCUT2D eigenvalue weighted by atomic mass is 19.1. The lowest BCUT2D eigenvalue weighted by molar-refractivity contribution is 0.0518. The van der Waals surface area contributed by atoms with E-state index in [0.717, 1.165) is 5.56 Å². The summed E-state index contributed by atoms with van der Waals surface area (Å²) in [5.74, 6) is -0.645. The number of urea groups is 1. The Labute approximate surface area is 166 Å². The smallest absolute Gasteiger partial charge is 0.358 e. The number of nitrogens with one attached hydrogen (secondary N) is 1. The number of benzene rings is 2. The Kier molecular flexibility index (Phi) is 4.99. The third kappa shape index (κ3) is 3.56. The van der Waals surface area contributed by atoms with Crippen molar-refractivity contribution in [1.29, 1.82) is 0 Å². The minimum Gasteiger partial charge on any atom is -0.461 e. The summed E-state index contributed by atoms with van der Waals surface area (Å²) in [6.07, 6.45) is 0. The number of anilines is 2. The average molecular weight is 394 g/mol. The molecule has 0 saturated carbocycles. The zero-order chi connectivity index (χ0) is 20.4. The van der Waals surface area contributed by atoms with Gasteiger partial charge in [-0.1, -0.05) is 42.5 Å². The van der Waals surface area contributed by atoms with Gasteiger partial charge in [-0.3, -0.25) is 4.90 Å². The van der Waals surface area contributed by atoms with Gasteiger partial charge in [-0.05, 0) is 24.6 Å². The number of amides is 2. The normalized spacial score (nSPS) is 15.1. The molecule has 0 radical (unpaired) electrons. The van der Waals surface area contributed by atoms with Crippen molar-refractivity contribution in [3.63, 3.8) is 0 Å². The second kappa shape index (κ2) is 7.75. The number of ether oxygens (including phenoxy) is 1. The number of fused-ring (bicyclic) bond motifs is 1. The molecular formula is C21H19FN4O3. The van der Waals surface area contributed by atoms with Crippen LogP contribution in [0.1, 0.15) is 29.0 Å². The Morgan fingerprint density at radius 3 is 2.62 bits per heavy atom. The summed E-state index contributed by atoms with van der Waals surface area (Å²) < 4.78 is 20.6. The van der Waals surface area contributed by atoms with E-state index >= 15 is 0 Å². The minimum atomic E-state index is -0.555. The molecule has 0 fully saturated rings. The Balaban J connectivity index is 1.69. The summed E-state index contributed by atoms with van der Waals surface area (Å²) in [6, 6.07) is 16.1. The van der Waals surface area contributed by atoms with Crippen LogP contribution in [0.3, 0.4) is 0 Å². The third-order valence-electron chi connectivity index (χ3n) is 4.67. The number of carbonyl (C=O) groups is 2. The summed E-state index contributed by atoms with van der Waals surface area (Å²) in [7, 11) is 0. The second-order valence-electron chi connectivity index (χ2n) is 6.50. The maximum atomic E-state index is 14.0. The molecule has 7 nitrogen and oxygen atoms in total. The second-order valence-corrected chi connectivity index (χ2v) is 6.50. The van der Waals surface area contributed by atoms with Gasteiger partial charge in [0.25, 0.3) is 0 Å². The Morgan fingerprint density at radius 2 is 1.90 bits per heavy atom. The van der Waals surface area contributed by atoms with Gasteiger partial charge in [-0.25, -0.2) is 18.7 Å². The molecule has 1 aromatic heterocycles. The lowest BCUT2D eigenvalue weighted by atomic mass is 10.1. The molecule has 2 amide bonds. The first-order chi connectivity index (χ1) is 14.1. The van der Waals surface area contributed by atoms with E-state index in [1.54, 1.807) is 23.7 Å². The maximum absolute atomic E-state index is 14.0. The highest BCUT2D eigenvalue weighted by Gasteiger charge is 2.37. The Morgan fingerprint density at radius 1 is 1.17 bits per heavy atom. The fourth-order valence-electron chi connectivity index (χ4n) is 3.36. The lowest BCUT2D eigenvalue weighted by Gasteiger charge is -2.24. The number of carbonyl (C=O) groups excluding carboxylic acids is 2. The van der Waals surface area contributed by atoms with Crippen LogP contribution in [0, 0.1) is 5.82 Å². The van der Waals surface area contributed by atoms with Crippen molar-refractivity contribution < 1.29 is 18.7 Å². The number of hydrogen-bond donors (Lipinski definition) is 1. The predicted molar refractivity (Wildman–Crippen MR) is 105 cm³/mol. The fourth-order valence-corrected chi connectivity index (χ4v) is 3.36. The maximum Gasteiger partial charge on any atom is 0.358 e. The largest absolute Gasteiger partial charge is 0.461 e. The number of halogens is 1. The number of hydrogen-bond acceptors (Lipinski definition) is 4. The molecule has 29 heavy (non-hydrogen) atoms. The van der Waals surface area contributed by atoms with E-state index in [4.69, 9.17) is 4.74 Å². The van der Waals surface area contributed by atoms with E-state index < -0.39 is 17.8 Å². The van der Waals surface area contributed by atoms with Gasteiger partial charge in [0, 0.05) is 6.07 Å². The highest BCUT2D eigenvalue weighted by Crippen LogP contribution is 2.37. The van der Waals surface area contributed by atoms with Gasteiger partial charge < -0.3 is 10.1 Å². The topological polar surface area (TPSA) is 76.5 Å². The van der Waals surface area contributed by atoms with Crippen molar-refractivity contribution >= 4 is 23.5 Å².